The molecule has 1 fully saturated rings. The van der Waals surface area contributed by atoms with Crippen LogP contribution in [0.25, 0.3) is 0 Å². The Kier molecular flexibility index (Phi) is 12.5. The van der Waals surface area contributed by atoms with E-state index >= 15 is 0 Å². The van der Waals surface area contributed by atoms with Crippen molar-refractivity contribution in [3.05, 3.63) is 144 Å². The molecule has 0 aliphatic heterocycles. The Hall–Kier alpha value is -3.36. The van der Waals surface area contributed by atoms with E-state index in [1.54, 1.807) is 0 Å². The number of hydrogen-bond acceptors (Lipinski definition) is 6. The topological polar surface area (TPSA) is 69.2 Å². The van der Waals surface area contributed by atoms with E-state index in [0.717, 1.165) is 41.6 Å². The van der Waals surface area contributed by atoms with Crippen LogP contribution in [0.15, 0.2) is 121 Å². The van der Waals surface area contributed by atoms with Crippen LogP contribution in [-0.4, -0.2) is 48.2 Å². The Bertz CT molecular complexity index is 1320. The molecule has 1 saturated carbocycles. The summed E-state index contributed by atoms with van der Waals surface area (Å²) in [6, 6.07) is 39.9. The van der Waals surface area contributed by atoms with Crippen LogP contribution >= 0.6 is 0 Å². The molecule has 1 aliphatic rings. The van der Waals surface area contributed by atoms with Crippen molar-refractivity contribution in [3.63, 3.8) is 0 Å². The second-order valence-electron chi connectivity index (χ2n) is 11.4. The second-order valence-corrected chi connectivity index (χ2v) is 11.4. The maximum atomic E-state index is 12.0. The molecule has 2 N–H and O–H groups in total. The molecule has 0 unspecified atom stereocenters. The first-order valence-corrected chi connectivity index (χ1v) is 15.8. The minimum absolute atomic E-state index is 0.344. The van der Waals surface area contributed by atoms with Crippen LogP contribution in [-0.2, 0) is 45.4 Å². The van der Waals surface area contributed by atoms with Crippen molar-refractivity contribution in [1.82, 2.24) is 5.32 Å². The summed E-state index contributed by atoms with van der Waals surface area (Å²) in [6.45, 7) is 4.37. The molecule has 4 aromatic rings. The molecule has 0 amide bonds. The Labute approximate surface area is 262 Å². The zero-order valence-electron chi connectivity index (χ0n) is 25.5. The van der Waals surface area contributed by atoms with Crippen LogP contribution in [0, 0.1) is 0 Å². The van der Waals surface area contributed by atoms with Gasteiger partial charge in [-0.25, -0.2) is 0 Å². The molecule has 6 nitrogen and oxygen atoms in total. The van der Waals surface area contributed by atoms with Gasteiger partial charge >= 0.3 is 0 Å². The van der Waals surface area contributed by atoms with E-state index < -0.39 is 36.6 Å². The lowest BCUT2D eigenvalue weighted by atomic mass is 9.82. The van der Waals surface area contributed by atoms with Gasteiger partial charge in [0.2, 0.25) is 0 Å². The third kappa shape index (κ3) is 9.08. The Balaban J connectivity index is 1.48. The highest BCUT2D eigenvalue weighted by molar-refractivity contribution is 5.17. The van der Waals surface area contributed by atoms with Gasteiger partial charge in [0.1, 0.15) is 30.5 Å². The summed E-state index contributed by atoms with van der Waals surface area (Å²) in [6.07, 6.45) is -1.15. The van der Waals surface area contributed by atoms with Gasteiger partial charge in [0.25, 0.3) is 0 Å². The summed E-state index contributed by atoms with van der Waals surface area (Å²) in [5.74, 6) is 0. The fourth-order valence-corrected chi connectivity index (χ4v) is 5.69. The molecule has 0 spiro atoms. The maximum absolute atomic E-state index is 12.0. The predicted octanol–water partition coefficient (Wildman–Crippen LogP) is 6.46. The molecule has 4 aromatic carbocycles. The van der Waals surface area contributed by atoms with Crippen LogP contribution in [0.5, 0.6) is 0 Å². The zero-order chi connectivity index (χ0) is 30.4. The first-order chi connectivity index (χ1) is 21.7. The molecular weight excluding hydrogens is 550 g/mol. The number of rotatable bonds is 16. The summed E-state index contributed by atoms with van der Waals surface area (Å²) in [5.41, 5.74) is 4.18. The summed E-state index contributed by atoms with van der Waals surface area (Å²) in [5, 5.41) is 15.7. The van der Waals surface area contributed by atoms with Crippen molar-refractivity contribution < 1.29 is 24.1 Å². The number of ether oxygens (including phenoxy) is 4. The van der Waals surface area contributed by atoms with Crippen LogP contribution in [0.2, 0.25) is 0 Å². The van der Waals surface area contributed by atoms with Crippen LogP contribution in [0.1, 0.15) is 42.0 Å². The normalized spacial score (nSPS) is 23.4. The molecule has 6 atom stereocenters. The number of nitrogens with one attached hydrogen (secondary N) is 1. The van der Waals surface area contributed by atoms with Crippen molar-refractivity contribution in [2.45, 2.75) is 82.8 Å². The van der Waals surface area contributed by atoms with Crippen molar-refractivity contribution in [2.75, 3.05) is 6.54 Å². The molecule has 0 radical (unpaired) electrons. The average molecular weight is 596 g/mol. The highest BCUT2D eigenvalue weighted by Crippen LogP contribution is 2.33. The molecular formula is C38H45NO5. The molecule has 0 bridgehead atoms. The van der Waals surface area contributed by atoms with E-state index in [-0.39, 0.29) is 0 Å². The molecule has 44 heavy (non-hydrogen) atoms. The van der Waals surface area contributed by atoms with E-state index in [1.165, 1.54) is 0 Å². The Morgan fingerprint density at radius 3 is 1.23 bits per heavy atom. The first-order valence-electron chi connectivity index (χ1n) is 15.8. The number of benzene rings is 4. The van der Waals surface area contributed by atoms with E-state index in [0.29, 0.717) is 26.4 Å². The molecule has 1 aliphatic carbocycles. The number of aliphatic hydroxyl groups excluding tert-OH is 1. The van der Waals surface area contributed by atoms with Gasteiger partial charge < -0.3 is 29.4 Å². The van der Waals surface area contributed by atoms with Crippen molar-refractivity contribution in [1.29, 1.82) is 0 Å². The molecule has 6 heteroatoms. The summed E-state index contributed by atoms with van der Waals surface area (Å²) in [7, 11) is 0. The first kappa shape index (κ1) is 32.0. The largest absolute Gasteiger partial charge is 0.389 e. The van der Waals surface area contributed by atoms with Gasteiger partial charge in [0, 0.05) is 0 Å². The summed E-state index contributed by atoms with van der Waals surface area (Å²) in [4.78, 5) is 0. The Morgan fingerprint density at radius 1 is 0.500 bits per heavy atom. The lowest BCUT2D eigenvalue weighted by Crippen LogP contribution is -2.69. The van der Waals surface area contributed by atoms with Crippen LogP contribution in [0.4, 0.5) is 0 Å². The SMILES string of the molecule is CCCCN[C@@H]1[C@@H](O)[C@H](OCc2ccccc2)[C@@H](OCc2ccccc2)[C@H](OCc2ccccc2)[C@H]1OCc1ccccc1. The lowest BCUT2D eigenvalue weighted by molar-refractivity contribution is -0.250. The number of aliphatic hydroxyl groups is 1. The second kappa shape index (κ2) is 17.2. The molecule has 232 valence electrons. The van der Waals surface area contributed by atoms with E-state index in [4.69, 9.17) is 18.9 Å². The minimum atomic E-state index is -0.895. The van der Waals surface area contributed by atoms with Gasteiger partial charge in [0.15, 0.2) is 0 Å². The molecule has 0 aromatic heterocycles. The van der Waals surface area contributed by atoms with Crippen LogP contribution in [0.3, 0.4) is 0 Å². The summed E-state index contributed by atoms with van der Waals surface area (Å²) >= 11 is 0. The van der Waals surface area contributed by atoms with E-state index in [1.807, 2.05) is 109 Å². The maximum Gasteiger partial charge on any atom is 0.115 e. The van der Waals surface area contributed by atoms with Gasteiger partial charge in [-0.05, 0) is 35.2 Å². The summed E-state index contributed by atoms with van der Waals surface area (Å²) < 4.78 is 26.7. The fraction of sp³-hybridized carbons (Fsp3) is 0.368. The van der Waals surface area contributed by atoms with Gasteiger partial charge in [0.05, 0.1) is 32.5 Å². The number of hydrogen-bond donors (Lipinski definition) is 2. The van der Waals surface area contributed by atoms with Crippen molar-refractivity contribution >= 4 is 0 Å². The third-order valence-electron chi connectivity index (χ3n) is 8.08. The van der Waals surface area contributed by atoms with Gasteiger partial charge in [-0.2, -0.15) is 0 Å². The highest BCUT2D eigenvalue weighted by Gasteiger charge is 2.53. The van der Waals surface area contributed by atoms with Gasteiger partial charge in [-0.1, -0.05) is 135 Å². The average Bonchev–Trinajstić information content (AvgIpc) is 3.08. The lowest BCUT2D eigenvalue weighted by Gasteiger charge is -2.49. The standard InChI is InChI=1S/C38H45NO5/c1-2-3-24-39-33-34(40)36(42-26-30-18-10-5-11-19-30)38(44-28-32-22-14-7-15-23-32)37(43-27-31-20-12-6-13-21-31)35(33)41-25-29-16-8-4-9-17-29/h4-23,33-40H,2-3,24-28H2,1H3/t33-,34-,35+,36+,37-,38-/m1/s1. The van der Waals surface area contributed by atoms with Crippen molar-refractivity contribution in [2.24, 2.45) is 0 Å². The van der Waals surface area contributed by atoms with Gasteiger partial charge in [-0.15, -0.1) is 0 Å². The monoisotopic (exact) mass is 595 g/mol. The smallest absolute Gasteiger partial charge is 0.115 e. The third-order valence-corrected chi connectivity index (χ3v) is 8.08. The highest BCUT2D eigenvalue weighted by atomic mass is 16.6. The van der Waals surface area contributed by atoms with Gasteiger partial charge in [-0.3, -0.25) is 0 Å². The quantitative estimate of drug-likeness (QED) is 0.145. The minimum Gasteiger partial charge on any atom is -0.389 e. The predicted molar refractivity (Wildman–Crippen MR) is 173 cm³/mol. The molecule has 0 saturated heterocycles. The number of unbranched alkanes of at least 4 members (excludes halogenated alkanes) is 1. The zero-order valence-corrected chi connectivity index (χ0v) is 25.5. The molecule has 0 heterocycles. The van der Waals surface area contributed by atoms with E-state index in [2.05, 4.69) is 24.4 Å². The van der Waals surface area contributed by atoms with Crippen molar-refractivity contribution in [3.8, 4) is 0 Å². The Morgan fingerprint density at radius 2 is 0.841 bits per heavy atom. The molecule has 5 rings (SSSR count). The van der Waals surface area contributed by atoms with Crippen LogP contribution < -0.4 is 5.32 Å². The fourth-order valence-electron chi connectivity index (χ4n) is 5.69. The van der Waals surface area contributed by atoms with E-state index in [9.17, 15) is 5.11 Å².